The van der Waals surface area contributed by atoms with E-state index in [2.05, 4.69) is 30.2 Å². The highest BCUT2D eigenvalue weighted by Gasteiger charge is 2.40. The van der Waals surface area contributed by atoms with Gasteiger partial charge in [0, 0.05) is 82.2 Å². The van der Waals surface area contributed by atoms with Gasteiger partial charge in [-0.25, -0.2) is 36.4 Å². The van der Waals surface area contributed by atoms with Crippen LogP contribution >= 0.6 is 0 Å². The maximum atomic E-state index is 12.8. The van der Waals surface area contributed by atoms with E-state index in [0.29, 0.717) is 46.6 Å². The number of rotatable bonds is 8. The molecule has 0 radical (unpaired) electrons. The molecule has 5 N–H and O–H groups in total. The summed E-state index contributed by atoms with van der Waals surface area (Å²) in [6.45, 7) is 10.0. The van der Waals surface area contributed by atoms with Gasteiger partial charge in [0.2, 0.25) is 0 Å². The first-order valence-corrected chi connectivity index (χ1v) is 31.7. The number of carbonyl (C=O) groups excluding carboxylic acids is 2. The Hall–Kier alpha value is -7.82. The van der Waals surface area contributed by atoms with Crippen LogP contribution in [0.15, 0.2) is 120 Å². The Labute approximate surface area is 483 Å². The summed E-state index contributed by atoms with van der Waals surface area (Å²) in [5.41, 5.74) is 20.9. The van der Waals surface area contributed by atoms with Gasteiger partial charge in [-0.05, 0) is 110 Å². The number of ether oxygens (including phenoxy) is 3. The fourth-order valence-electron chi connectivity index (χ4n) is 12.0. The van der Waals surface area contributed by atoms with Gasteiger partial charge >= 0.3 is 12.3 Å². The maximum absolute atomic E-state index is 12.8. The van der Waals surface area contributed by atoms with Gasteiger partial charge in [0.25, 0.3) is 0 Å². The standard InChI is InChI=1S/C26H27N5O2S.C25H26N6O2S.C10H18O5/c1-34(32,33)24-23(20-12-16-7-8-17(11-16)13-20)30-26-21(15-29-31(26)25(24)27)19-9-10-22(28-14-19)18-5-3-2-4-6-18;1-34(32,33)23-22(17-11-18-8-9-19(12-17)29-18)30-25-20(14-28-31(25)24(23)26)16-7-10-21(27-13-16)15-5-3-2-4-6-15;1-9(2,3)14-7(11)13-8(12)15-10(4,5)6/h2-6,9-10,14-17,20H,7-8,11-13,27H2,1H3;2-7,10,13-14,17-19,29H,8-9,11-12,26H2,1H3;1-6H3/t16-,17+,20?;17?,18-,19+;. The lowest BCUT2D eigenvalue weighted by Gasteiger charge is -2.30. The number of nitrogens with one attached hydrogen (secondary N) is 1. The fraction of sp³-hybridized carbons (Fsp3) is 0.410. The number of piperidine rings is 1. The van der Waals surface area contributed by atoms with Crippen molar-refractivity contribution in [2.75, 3.05) is 24.0 Å². The summed E-state index contributed by atoms with van der Waals surface area (Å²) in [4.78, 5) is 41.4. The molecule has 0 amide bonds. The largest absolute Gasteiger partial charge is 0.519 e. The molecule has 2 saturated heterocycles. The number of aromatic nitrogens is 8. The number of nitrogen functional groups attached to an aromatic ring is 2. The molecule has 2 aliphatic heterocycles. The smallest absolute Gasteiger partial charge is 0.428 e. The molecule has 0 spiro atoms. The number of benzene rings is 2. The van der Waals surface area contributed by atoms with Crippen LogP contribution in [0.1, 0.15) is 123 Å². The summed E-state index contributed by atoms with van der Waals surface area (Å²) in [6, 6.07) is 28.7. The van der Waals surface area contributed by atoms with Gasteiger partial charge in [-0.15, -0.1) is 0 Å². The minimum absolute atomic E-state index is 0.0390. The molecule has 20 nitrogen and oxygen atoms in total. The minimum Gasteiger partial charge on any atom is -0.428 e. The van der Waals surface area contributed by atoms with Gasteiger partial charge in [-0.1, -0.05) is 85.6 Å². The van der Waals surface area contributed by atoms with Crippen molar-refractivity contribution in [1.82, 2.24) is 44.5 Å². The van der Waals surface area contributed by atoms with Gasteiger partial charge in [0.1, 0.15) is 32.6 Å². The Morgan fingerprint density at radius 3 is 1.29 bits per heavy atom. The van der Waals surface area contributed by atoms with Crippen LogP contribution in [0.4, 0.5) is 21.2 Å². The molecule has 2 aromatic carbocycles. The van der Waals surface area contributed by atoms with Crippen molar-refractivity contribution in [1.29, 1.82) is 0 Å². The number of anilines is 2. The quantitative estimate of drug-likeness (QED) is 0.0941. The normalized spacial score (nSPS) is 20.4. The highest BCUT2D eigenvalue weighted by Crippen LogP contribution is 2.50. The summed E-state index contributed by atoms with van der Waals surface area (Å²) < 4.78 is 67.9. The molecule has 83 heavy (non-hydrogen) atoms. The van der Waals surface area contributed by atoms with Crippen LogP contribution < -0.4 is 16.8 Å². The van der Waals surface area contributed by atoms with E-state index in [-0.39, 0.29) is 33.3 Å². The van der Waals surface area contributed by atoms with Gasteiger partial charge in [-0.3, -0.25) is 9.97 Å². The summed E-state index contributed by atoms with van der Waals surface area (Å²) in [5, 5.41) is 12.4. The van der Waals surface area contributed by atoms with Crippen LogP contribution in [0.3, 0.4) is 0 Å². The Kier molecular flexibility index (Phi) is 16.2. The number of fused-ring (bicyclic) bond motifs is 6. The van der Waals surface area contributed by atoms with E-state index in [4.69, 9.17) is 30.9 Å². The summed E-state index contributed by atoms with van der Waals surface area (Å²) in [7, 11) is -7.16. The highest BCUT2D eigenvalue weighted by atomic mass is 32.2. The first-order valence-electron chi connectivity index (χ1n) is 27.9. The summed E-state index contributed by atoms with van der Waals surface area (Å²) in [6.07, 6.45) is 16.9. The van der Waals surface area contributed by atoms with Crippen molar-refractivity contribution in [3.8, 4) is 44.8 Å². The van der Waals surface area contributed by atoms with Gasteiger partial charge < -0.3 is 31.0 Å². The van der Waals surface area contributed by atoms with Crippen LogP contribution in [-0.2, 0) is 33.9 Å². The van der Waals surface area contributed by atoms with Crippen LogP contribution in [-0.4, -0.2) is 104 Å². The van der Waals surface area contributed by atoms with Crippen LogP contribution in [0.5, 0.6) is 0 Å². The van der Waals surface area contributed by atoms with Gasteiger partial charge in [0.05, 0.1) is 35.2 Å². The minimum atomic E-state index is -3.59. The molecular weight excluding hydrogens is 1090 g/mol. The van der Waals surface area contributed by atoms with Gasteiger partial charge in [-0.2, -0.15) is 19.2 Å². The molecule has 12 rings (SSSR count). The van der Waals surface area contributed by atoms with Crippen molar-refractivity contribution >= 4 is 54.9 Å². The average molecular weight is 1170 g/mol. The van der Waals surface area contributed by atoms with Crippen LogP contribution in [0, 0.1) is 11.8 Å². The van der Waals surface area contributed by atoms with E-state index < -0.39 is 43.2 Å². The molecule has 2 aliphatic carbocycles. The molecule has 8 aromatic rings. The number of nitrogens with zero attached hydrogens (tertiary/aromatic N) is 8. The lowest BCUT2D eigenvalue weighted by molar-refractivity contribution is -0.0294. The van der Waals surface area contributed by atoms with Crippen molar-refractivity contribution in [3.63, 3.8) is 0 Å². The highest BCUT2D eigenvalue weighted by molar-refractivity contribution is 7.91. The lowest BCUT2D eigenvalue weighted by Crippen LogP contribution is -2.38. The number of hydrogen-bond acceptors (Lipinski definition) is 18. The maximum Gasteiger partial charge on any atom is 0.519 e. The Balaban J connectivity index is 0.000000150. The van der Waals surface area contributed by atoms with Crippen LogP contribution in [0.2, 0.25) is 0 Å². The second-order valence-electron chi connectivity index (χ2n) is 24.2. The number of hydrogen-bond donors (Lipinski definition) is 3. The molecule has 2 unspecified atom stereocenters. The third-order valence-electron chi connectivity index (χ3n) is 15.4. The van der Waals surface area contributed by atoms with E-state index in [1.807, 2.05) is 91.1 Å². The molecule has 6 atom stereocenters. The average Bonchev–Trinajstić information content (AvgIpc) is 2.06. The number of sulfone groups is 2. The number of carbonyl (C=O) groups is 2. The topological polar surface area (TPSA) is 280 Å². The van der Waals surface area contributed by atoms with Crippen LogP contribution in [0.25, 0.3) is 56.1 Å². The van der Waals surface area contributed by atoms with Crippen molar-refractivity contribution in [2.45, 2.75) is 144 Å². The fourth-order valence-corrected chi connectivity index (χ4v) is 14.2. The number of pyridine rings is 2. The molecule has 436 valence electrons. The lowest BCUT2D eigenvalue weighted by atomic mass is 9.79. The third-order valence-corrected chi connectivity index (χ3v) is 17.8. The molecule has 6 aromatic heterocycles. The molecular formula is C61H71N11O9S2. The second-order valence-corrected chi connectivity index (χ2v) is 28.1. The zero-order valence-electron chi connectivity index (χ0n) is 47.9. The Bertz CT molecular complexity index is 3640. The predicted octanol–water partition coefficient (Wildman–Crippen LogP) is 11.1. The monoisotopic (exact) mass is 1170 g/mol. The Morgan fingerprint density at radius 2 is 0.928 bits per heavy atom. The van der Waals surface area contributed by atoms with Crippen molar-refractivity contribution in [3.05, 3.63) is 121 Å². The van der Waals surface area contributed by atoms with E-state index in [0.717, 1.165) is 83.3 Å². The first-order chi connectivity index (χ1) is 39.3. The first kappa shape index (κ1) is 58.4. The van der Waals surface area contributed by atoms with Crippen molar-refractivity contribution < 1.29 is 40.6 Å². The zero-order valence-corrected chi connectivity index (χ0v) is 49.6. The third kappa shape index (κ3) is 13.3. The predicted molar refractivity (Wildman–Crippen MR) is 317 cm³/mol. The van der Waals surface area contributed by atoms with E-state index in [1.54, 1.807) is 60.1 Å². The van der Waals surface area contributed by atoms with Gasteiger partial charge in [0.15, 0.2) is 31.0 Å². The second kappa shape index (κ2) is 23.1. The van der Waals surface area contributed by atoms with E-state index in [1.165, 1.54) is 40.8 Å². The molecule has 2 saturated carbocycles. The molecule has 22 heteroatoms. The molecule has 4 fully saturated rings. The Morgan fingerprint density at radius 1 is 0.530 bits per heavy atom. The van der Waals surface area contributed by atoms with E-state index in [9.17, 15) is 26.4 Å². The molecule has 4 bridgehead atoms. The summed E-state index contributed by atoms with van der Waals surface area (Å²) >= 11 is 0. The summed E-state index contributed by atoms with van der Waals surface area (Å²) in [5.74, 6) is 1.69. The SMILES string of the molecule is CC(C)(C)OC(=O)OC(=O)OC(C)(C)C.CS(=O)(=O)c1c(C2C[C@H]3CC[C@@H](C2)C3)nc2c(-c3ccc(-c4ccccc4)nc3)cnn2c1N.CS(=O)(=O)c1c(C2C[C@H]3CC[C@@H](C2)N3)nc2c(-c3ccc(-c4ccccc4)nc3)cnn2c1N. The zero-order chi connectivity index (χ0) is 59.2. The van der Waals surface area contributed by atoms with E-state index >= 15 is 0 Å². The van der Waals surface area contributed by atoms with Crippen molar-refractivity contribution in [2.24, 2.45) is 11.8 Å². The number of nitrogens with two attached hydrogens (primary N) is 2. The molecule has 4 aliphatic rings. The molecule has 8 heterocycles.